The minimum absolute atomic E-state index is 0.00319. The molecule has 1 aliphatic rings. The lowest BCUT2D eigenvalue weighted by molar-refractivity contribution is 0.0928. The van der Waals surface area contributed by atoms with E-state index in [9.17, 15) is 9.90 Å². The Morgan fingerprint density at radius 1 is 1.22 bits per heavy atom. The molecule has 5 heteroatoms. The molecule has 27 heavy (non-hydrogen) atoms. The summed E-state index contributed by atoms with van der Waals surface area (Å²) >= 11 is 0. The normalized spacial score (nSPS) is 12.2. The first-order chi connectivity index (χ1) is 12.8. The maximum absolute atomic E-state index is 12.0. The Labute approximate surface area is 159 Å². The van der Waals surface area contributed by atoms with Crippen LogP contribution in [0.4, 0.5) is 0 Å². The topological polar surface area (TPSA) is 76.0 Å². The number of methoxy groups -OCH3 is 1. The number of Topliss-reactive ketones (excluding diaryl/α,β-unsaturated/α-hetero) is 1. The molecule has 2 aromatic rings. The van der Waals surface area contributed by atoms with Crippen LogP contribution in [-0.4, -0.2) is 29.7 Å². The second-order valence-corrected chi connectivity index (χ2v) is 6.62. The van der Waals surface area contributed by atoms with Crippen LogP contribution < -0.4 is 9.47 Å². The lowest BCUT2D eigenvalue weighted by Crippen LogP contribution is -2.18. The van der Waals surface area contributed by atoms with Crippen LogP contribution in [-0.2, 0) is 6.42 Å². The van der Waals surface area contributed by atoms with Crippen LogP contribution >= 0.6 is 0 Å². The van der Waals surface area contributed by atoms with Gasteiger partial charge in [-0.2, -0.15) is 0 Å². The Bertz CT molecular complexity index is 810. The van der Waals surface area contributed by atoms with E-state index in [0.29, 0.717) is 47.8 Å². The first-order valence-electron chi connectivity index (χ1n) is 8.81. The number of ether oxygens (including phenoxy) is 2. The van der Waals surface area contributed by atoms with E-state index in [2.05, 4.69) is 0 Å². The minimum atomic E-state index is -0.00319. The highest BCUT2D eigenvalue weighted by Crippen LogP contribution is 2.41. The molecule has 0 aliphatic carbocycles. The molecule has 5 nitrogen and oxygen atoms in total. The van der Waals surface area contributed by atoms with Gasteiger partial charge < -0.3 is 19.7 Å². The smallest absolute Gasteiger partial charge is 0.173 e. The van der Waals surface area contributed by atoms with E-state index in [1.54, 1.807) is 12.1 Å². The Morgan fingerprint density at radius 3 is 2.44 bits per heavy atom. The van der Waals surface area contributed by atoms with Gasteiger partial charge in [-0.1, -0.05) is 29.3 Å². The summed E-state index contributed by atoms with van der Waals surface area (Å²) in [5.74, 6) is 1.26. The molecule has 0 saturated heterocycles. The SMILES string of the molecule is COc1cc(O)c(CC=C(C)C)c2c1C(=O)CCO2.Cc1ccc(O)cc1. The molecule has 2 aromatic carbocycles. The zero-order valence-electron chi connectivity index (χ0n) is 16.2. The number of phenols is 2. The van der Waals surface area contributed by atoms with E-state index < -0.39 is 0 Å². The van der Waals surface area contributed by atoms with Crippen LogP contribution in [0.25, 0.3) is 0 Å². The molecule has 0 bridgehead atoms. The summed E-state index contributed by atoms with van der Waals surface area (Å²) in [6.45, 7) is 6.30. The van der Waals surface area contributed by atoms with Crippen molar-refractivity contribution < 1.29 is 24.5 Å². The van der Waals surface area contributed by atoms with Crippen LogP contribution in [0.2, 0.25) is 0 Å². The third kappa shape index (κ3) is 5.26. The van der Waals surface area contributed by atoms with Gasteiger partial charge in [0, 0.05) is 18.1 Å². The third-order valence-electron chi connectivity index (χ3n) is 4.15. The summed E-state index contributed by atoms with van der Waals surface area (Å²) in [6.07, 6.45) is 2.87. The van der Waals surface area contributed by atoms with Gasteiger partial charge in [-0.05, 0) is 39.3 Å². The van der Waals surface area contributed by atoms with Crippen molar-refractivity contribution >= 4 is 5.78 Å². The number of ketones is 1. The first-order valence-corrected chi connectivity index (χ1v) is 8.81. The highest BCUT2D eigenvalue weighted by molar-refractivity contribution is 6.03. The van der Waals surface area contributed by atoms with E-state index in [-0.39, 0.29) is 11.5 Å². The fraction of sp³-hybridized carbons (Fsp3) is 0.318. The van der Waals surface area contributed by atoms with Gasteiger partial charge >= 0.3 is 0 Å². The van der Waals surface area contributed by atoms with E-state index in [1.165, 1.54) is 18.7 Å². The van der Waals surface area contributed by atoms with E-state index >= 15 is 0 Å². The van der Waals surface area contributed by atoms with Crippen molar-refractivity contribution in [2.24, 2.45) is 0 Å². The number of carbonyl (C=O) groups is 1. The summed E-state index contributed by atoms with van der Waals surface area (Å²) in [4.78, 5) is 12.0. The van der Waals surface area contributed by atoms with Gasteiger partial charge in [0.2, 0.25) is 0 Å². The summed E-state index contributed by atoms with van der Waals surface area (Å²) < 4.78 is 10.8. The molecular formula is C22H26O5. The summed E-state index contributed by atoms with van der Waals surface area (Å²) in [6, 6.07) is 8.58. The molecular weight excluding hydrogens is 344 g/mol. The summed E-state index contributed by atoms with van der Waals surface area (Å²) in [5.41, 5.74) is 3.41. The van der Waals surface area contributed by atoms with Crippen molar-refractivity contribution in [1.82, 2.24) is 0 Å². The van der Waals surface area contributed by atoms with Crippen molar-refractivity contribution in [3.8, 4) is 23.0 Å². The quantitative estimate of drug-likeness (QED) is 0.774. The van der Waals surface area contributed by atoms with Gasteiger partial charge in [-0.15, -0.1) is 0 Å². The monoisotopic (exact) mass is 370 g/mol. The zero-order chi connectivity index (χ0) is 20.0. The predicted octanol–water partition coefficient (Wildman–Crippen LogP) is 4.58. The number of fused-ring (bicyclic) bond motifs is 1. The van der Waals surface area contributed by atoms with E-state index in [0.717, 1.165) is 5.57 Å². The van der Waals surface area contributed by atoms with Crippen molar-refractivity contribution in [2.75, 3.05) is 13.7 Å². The second kappa shape index (κ2) is 9.12. The number of carbonyl (C=O) groups excluding carboxylic acids is 1. The van der Waals surface area contributed by atoms with Gasteiger partial charge in [-0.3, -0.25) is 4.79 Å². The molecule has 144 valence electrons. The van der Waals surface area contributed by atoms with Crippen molar-refractivity contribution in [2.45, 2.75) is 33.6 Å². The van der Waals surface area contributed by atoms with Gasteiger partial charge in [0.1, 0.15) is 28.6 Å². The fourth-order valence-electron chi connectivity index (χ4n) is 2.67. The average molecular weight is 370 g/mol. The number of phenolic OH excluding ortho intramolecular Hbond substituents is 2. The molecule has 0 spiro atoms. The van der Waals surface area contributed by atoms with Gasteiger partial charge in [0.25, 0.3) is 0 Å². The highest BCUT2D eigenvalue weighted by atomic mass is 16.5. The van der Waals surface area contributed by atoms with Crippen molar-refractivity contribution in [3.63, 3.8) is 0 Å². The van der Waals surface area contributed by atoms with Crippen LogP contribution in [0, 0.1) is 6.92 Å². The molecule has 0 unspecified atom stereocenters. The molecule has 0 fully saturated rings. The van der Waals surface area contributed by atoms with Crippen LogP contribution in [0.3, 0.4) is 0 Å². The molecule has 0 radical (unpaired) electrons. The van der Waals surface area contributed by atoms with Crippen LogP contribution in [0.15, 0.2) is 42.0 Å². The standard InChI is InChI=1S/C15H18O4.C7H8O/c1-9(2)4-5-10-12(17)8-13(18-3)14-11(16)6-7-19-15(10)14;1-6-2-4-7(8)5-3-6/h4,8,17H,5-7H2,1-3H3;2-5,8H,1H3. The molecule has 1 heterocycles. The molecule has 1 aliphatic heterocycles. The Morgan fingerprint density at radius 2 is 1.89 bits per heavy atom. The van der Waals surface area contributed by atoms with Crippen LogP contribution in [0.1, 0.15) is 41.8 Å². The Balaban J connectivity index is 0.000000273. The van der Waals surface area contributed by atoms with E-state index in [4.69, 9.17) is 14.6 Å². The van der Waals surface area contributed by atoms with Crippen molar-refractivity contribution in [3.05, 3.63) is 58.7 Å². The summed E-state index contributed by atoms with van der Waals surface area (Å²) in [7, 11) is 1.48. The van der Waals surface area contributed by atoms with Crippen molar-refractivity contribution in [1.29, 1.82) is 0 Å². The first kappa shape index (κ1) is 20.4. The van der Waals surface area contributed by atoms with E-state index in [1.807, 2.05) is 39.0 Å². The number of hydrogen-bond acceptors (Lipinski definition) is 5. The zero-order valence-corrected chi connectivity index (χ0v) is 16.2. The van der Waals surface area contributed by atoms with Crippen LogP contribution in [0.5, 0.6) is 23.0 Å². The number of rotatable bonds is 3. The molecule has 2 N–H and O–H groups in total. The third-order valence-corrected chi connectivity index (χ3v) is 4.15. The lowest BCUT2D eigenvalue weighted by atomic mass is 9.97. The minimum Gasteiger partial charge on any atom is -0.508 e. The highest BCUT2D eigenvalue weighted by Gasteiger charge is 2.27. The molecule has 0 aromatic heterocycles. The predicted molar refractivity (Wildman–Crippen MR) is 105 cm³/mol. The molecule has 0 atom stereocenters. The number of benzene rings is 2. The average Bonchev–Trinajstić information content (AvgIpc) is 2.63. The Hall–Kier alpha value is -2.95. The lowest BCUT2D eigenvalue weighted by Gasteiger charge is -2.22. The number of aryl methyl sites for hydroxylation is 1. The number of aromatic hydroxyl groups is 2. The van der Waals surface area contributed by atoms with Gasteiger partial charge in [-0.25, -0.2) is 0 Å². The Kier molecular flexibility index (Phi) is 6.88. The molecule has 3 rings (SSSR count). The maximum Gasteiger partial charge on any atom is 0.173 e. The fourth-order valence-corrected chi connectivity index (χ4v) is 2.67. The number of allylic oxidation sites excluding steroid dienone is 2. The van der Waals surface area contributed by atoms with Gasteiger partial charge in [0.15, 0.2) is 5.78 Å². The molecule has 0 amide bonds. The largest absolute Gasteiger partial charge is 0.508 e. The number of hydrogen-bond donors (Lipinski definition) is 2. The molecule has 0 saturated carbocycles. The van der Waals surface area contributed by atoms with Gasteiger partial charge in [0.05, 0.1) is 13.7 Å². The second-order valence-electron chi connectivity index (χ2n) is 6.62. The maximum atomic E-state index is 12.0. The summed E-state index contributed by atoms with van der Waals surface area (Å²) in [5, 5.41) is 18.8.